The summed E-state index contributed by atoms with van der Waals surface area (Å²) in [6, 6.07) is 12.3. The van der Waals surface area contributed by atoms with Crippen molar-refractivity contribution >= 4 is 11.8 Å². The number of carboxylic acids is 1. The number of carbonyl (C=O) groups is 1. The van der Waals surface area contributed by atoms with Gasteiger partial charge in [0.1, 0.15) is 17.7 Å². The Balaban J connectivity index is 1.32. The van der Waals surface area contributed by atoms with Gasteiger partial charge in [0.25, 0.3) is 0 Å². The van der Waals surface area contributed by atoms with Gasteiger partial charge >= 0.3 is 5.97 Å². The van der Waals surface area contributed by atoms with Crippen LogP contribution in [0.15, 0.2) is 36.4 Å². The molecule has 2 aliphatic heterocycles. The summed E-state index contributed by atoms with van der Waals surface area (Å²) in [7, 11) is 1.66. The smallest absolute Gasteiger partial charge is 0.304 e. The van der Waals surface area contributed by atoms with Crippen LogP contribution in [0.4, 0.5) is 5.82 Å². The van der Waals surface area contributed by atoms with E-state index in [-0.39, 0.29) is 18.4 Å². The van der Waals surface area contributed by atoms with E-state index in [9.17, 15) is 9.90 Å². The van der Waals surface area contributed by atoms with Crippen molar-refractivity contribution in [3.8, 4) is 5.75 Å². The van der Waals surface area contributed by atoms with Gasteiger partial charge in [-0.05, 0) is 80.8 Å². The second-order valence-corrected chi connectivity index (χ2v) is 10.0. The van der Waals surface area contributed by atoms with E-state index in [1.54, 1.807) is 7.11 Å². The maximum absolute atomic E-state index is 11.7. The number of fused-ring (bicyclic) bond motifs is 1. The number of carboxylic acid groups (broad SMARTS) is 1. The Hall–Kier alpha value is -2.64. The Kier molecular flexibility index (Phi) is 8.99. The lowest BCUT2D eigenvalue weighted by atomic mass is 9.94. The predicted molar refractivity (Wildman–Crippen MR) is 137 cm³/mol. The SMILES string of the molecule is COCC(C)Oc1cccc(C(CC(=O)O)CN2CC[C@@H](CCc3ccc4c(n3)NCCC4)C2)c1. The number of rotatable bonds is 12. The molecule has 1 aromatic carbocycles. The van der Waals surface area contributed by atoms with Gasteiger partial charge in [0.05, 0.1) is 13.0 Å². The normalized spacial score (nSPS) is 19.5. The van der Waals surface area contributed by atoms with Crippen LogP contribution in [-0.4, -0.2) is 67.0 Å². The zero-order valence-corrected chi connectivity index (χ0v) is 21.0. The molecule has 0 amide bonds. The summed E-state index contributed by atoms with van der Waals surface area (Å²) in [4.78, 5) is 18.9. The van der Waals surface area contributed by atoms with Crippen molar-refractivity contribution < 1.29 is 19.4 Å². The summed E-state index contributed by atoms with van der Waals surface area (Å²) in [6.07, 6.45) is 5.61. The number of hydrogen-bond donors (Lipinski definition) is 2. The molecule has 3 atom stereocenters. The molecule has 1 saturated heterocycles. The topological polar surface area (TPSA) is 83.9 Å². The third kappa shape index (κ3) is 7.42. The zero-order valence-electron chi connectivity index (χ0n) is 21.0. The molecule has 2 unspecified atom stereocenters. The fraction of sp³-hybridized carbons (Fsp3) is 0.571. The van der Waals surface area contributed by atoms with Crippen LogP contribution >= 0.6 is 0 Å². The molecule has 0 saturated carbocycles. The molecule has 2 aliphatic rings. The number of anilines is 1. The second-order valence-electron chi connectivity index (χ2n) is 10.0. The van der Waals surface area contributed by atoms with Crippen LogP contribution in [0.3, 0.4) is 0 Å². The summed E-state index contributed by atoms with van der Waals surface area (Å²) in [5, 5.41) is 13.0. The number of hydrogen-bond acceptors (Lipinski definition) is 6. The van der Waals surface area contributed by atoms with Crippen molar-refractivity contribution in [1.29, 1.82) is 0 Å². The highest BCUT2D eigenvalue weighted by Gasteiger charge is 2.27. The number of aryl methyl sites for hydroxylation is 2. The molecule has 1 fully saturated rings. The standard InChI is InChI=1S/C28H39N3O4/c1-20(19-34-2)35-26-7-3-5-23(15-26)24(16-27(32)33)18-31-14-12-21(17-31)8-10-25-11-9-22-6-4-13-29-28(22)30-25/h3,5,7,9,11,15,20-21,24H,4,6,8,10,12-14,16-19H2,1-2H3,(H,29,30)(H,32,33)/t20?,21-,24?/m1/s1. The first kappa shape index (κ1) is 25.5. The molecule has 0 spiro atoms. The second kappa shape index (κ2) is 12.4. The predicted octanol–water partition coefficient (Wildman–Crippen LogP) is 4.37. The van der Waals surface area contributed by atoms with Crippen LogP contribution in [0.2, 0.25) is 0 Å². The number of nitrogens with one attached hydrogen (secondary N) is 1. The van der Waals surface area contributed by atoms with Gasteiger partial charge < -0.3 is 24.8 Å². The van der Waals surface area contributed by atoms with Crippen LogP contribution in [0.5, 0.6) is 5.75 Å². The Morgan fingerprint density at radius 3 is 3.03 bits per heavy atom. The lowest BCUT2D eigenvalue weighted by Crippen LogP contribution is -2.28. The van der Waals surface area contributed by atoms with E-state index in [2.05, 4.69) is 22.3 Å². The fourth-order valence-corrected chi connectivity index (χ4v) is 5.33. The van der Waals surface area contributed by atoms with Gasteiger partial charge in [0.2, 0.25) is 0 Å². The summed E-state index contributed by atoms with van der Waals surface area (Å²) >= 11 is 0. The quantitative estimate of drug-likeness (QED) is 0.466. The number of nitrogens with zero attached hydrogens (tertiary/aromatic N) is 2. The summed E-state index contributed by atoms with van der Waals surface area (Å²) < 4.78 is 11.1. The van der Waals surface area contributed by atoms with E-state index in [1.165, 1.54) is 17.7 Å². The first-order chi connectivity index (χ1) is 17.0. The van der Waals surface area contributed by atoms with Gasteiger partial charge in [0.15, 0.2) is 0 Å². The largest absolute Gasteiger partial charge is 0.488 e. The maximum Gasteiger partial charge on any atom is 0.304 e. The van der Waals surface area contributed by atoms with Gasteiger partial charge in [-0.2, -0.15) is 0 Å². The minimum Gasteiger partial charge on any atom is -0.488 e. The molecule has 3 heterocycles. The van der Waals surface area contributed by atoms with Gasteiger partial charge in [-0.3, -0.25) is 4.79 Å². The number of ether oxygens (including phenoxy) is 2. The average Bonchev–Trinajstić information content (AvgIpc) is 3.29. The van der Waals surface area contributed by atoms with Gasteiger partial charge in [-0.15, -0.1) is 0 Å². The number of benzene rings is 1. The fourth-order valence-electron chi connectivity index (χ4n) is 5.33. The number of methoxy groups -OCH3 is 1. The Morgan fingerprint density at radius 2 is 2.20 bits per heavy atom. The van der Waals surface area contributed by atoms with Crippen molar-refractivity contribution in [3.63, 3.8) is 0 Å². The van der Waals surface area contributed by atoms with Crippen molar-refractivity contribution in [3.05, 3.63) is 53.2 Å². The number of pyridine rings is 1. The third-order valence-corrected chi connectivity index (χ3v) is 7.10. The molecule has 190 valence electrons. The van der Waals surface area contributed by atoms with Crippen molar-refractivity contribution in [1.82, 2.24) is 9.88 Å². The van der Waals surface area contributed by atoms with Crippen molar-refractivity contribution in [2.75, 3.05) is 45.2 Å². The Bertz CT molecular complexity index is 982. The molecular weight excluding hydrogens is 442 g/mol. The van der Waals surface area contributed by atoms with E-state index in [4.69, 9.17) is 14.5 Å². The molecule has 35 heavy (non-hydrogen) atoms. The summed E-state index contributed by atoms with van der Waals surface area (Å²) in [5.74, 6) is 1.61. The Labute approximate surface area is 208 Å². The highest BCUT2D eigenvalue weighted by molar-refractivity contribution is 5.68. The molecule has 2 N–H and O–H groups in total. The van der Waals surface area contributed by atoms with Gasteiger partial charge in [0, 0.05) is 38.4 Å². The van der Waals surface area contributed by atoms with Crippen LogP contribution in [0, 0.1) is 5.92 Å². The van der Waals surface area contributed by atoms with E-state index in [1.807, 2.05) is 31.2 Å². The monoisotopic (exact) mass is 481 g/mol. The summed E-state index contributed by atoms with van der Waals surface area (Å²) in [6.45, 7) is 6.27. The average molecular weight is 482 g/mol. The number of aromatic nitrogens is 1. The zero-order chi connectivity index (χ0) is 24.6. The summed E-state index contributed by atoms with van der Waals surface area (Å²) in [5.41, 5.74) is 3.52. The van der Waals surface area contributed by atoms with Gasteiger partial charge in [-0.25, -0.2) is 4.98 Å². The molecule has 4 rings (SSSR count). The van der Waals surface area contributed by atoms with Crippen LogP contribution < -0.4 is 10.1 Å². The highest BCUT2D eigenvalue weighted by atomic mass is 16.5. The molecular formula is C28H39N3O4. The van der Waals surface area contributed by atoms with E-state index in [0.717, 1.165) is 69.0 Å². The lowest BCUT2D eigenvalue weighted by Gasteiger charge is -2.24. The minimum atomic E-state index is -0.767. The molecule has 7 nitrogen and oxygen atoms in total. The molecule has 1 aromatic heterocycles. The van der Waals surface area contributed by atoms with Crippen molar-refractivity contribution in [2.45, 2.75) is 57.5 Å². The first-order valence-corrected chi connectivity index (χ1v) is 12.9. The Morgan fingerprint density at radius 1 is 1.31 bits per heavy atom. The van der Waals surface area contributed by atoms with E-state index >= 15 is 0 Å². The number of aliphatic carboxylic acids is 1. The van der Waals surface area contributed by atoms with E-state index < -0.39 is 5.97 Å². The number of likely N-dealkylation sites (tertiary alicyclic amines) is 1. The van der Waals surface area contributed by atoms with Crippen LogP contribution in [-0.2, 0) is 22.4 Å². The molecule has 2 aromatic rings. The lowest BCUT2D eigenvalue weighted by molar-refractivity contribution is -0.137. The molecule has 0 aliphatic carbocycles. The third-order valence-electron chi connectivity index (χ3n) is 7.10. The highest BCUT2D eigenvalue weighted by Crippen LogP contribution is 2.29. The van der Waals surface area contributed by atoms with Crippen molar-refractivity contribution in [2.24, 2.45) is 5.92 Å². The van der Waals surface area contributed by atoms with Crippen LogP contribution in [0.25, 0.3) is 0 Å². The first-order valence-electron chi connectivity index (χ1n) is 12.9. The molecule has 0 bridgehead atoms. The molecule has 0 radical (unpaired) electrons. The van der Waals surface area contributed by atoms with Crippen LogP contribution in [0.1, 0.15) is 55.3 Å². The molecule has 7 heteroatoms. The maximum atomic E-state index is 11.7. The minimum absolute atomic E-state index is 0.0621. The van der Waals surface area contributed by atoms with E-state index in [0.29, 0.717) is 12.5 Å². The van der Waals surface area contributed by atoms with Gasteiger partial charge in [-0.1, -0.05) is 18.2 Å².